The third-order valence-electron chi connectivity index (χ3n) is 3.63. The van der Waals surface area contributed by atoms with Crippen molar-refractivity contribution >= 4 is 23.5 Å². The van der Waals surface area contributed by atoms with Crippen LogP contribution in [-0.2, 0) is 4.79 Å². The van der Waals surface area contributed by atoms with E-state index in [9.17, 15) is 9.59 Å². The third kappa shape index (κ3) is 3.47. The van der Waals surface area contributed by atoms with E-state index in [1.54, 1.807) is 36.4 Å². The van der Waals surface area contributed by atoms with Gasteiger partial charge in [0.25, 0.3) is 0 Å². The summed E-state index contributed by atoms with van der Waals surface area (Å²) in [5, 5.41) is 2.72. The zero-order chi connectivity index (χ0) is 17.8. The fourth-order valence-corrected chi connectivity index (χ4v) is 2.55. The summed E-state index contributed by atoms with van der Waals surface area (Å²) in [6.07, 6.45) is 3.03. The number of methoxy groups -OCH3 is 1. The Bertz CT molecular complexity index is 843. The number of anilines is 1. The van der Waals surface area contributed by atoms with Crippen molar-refractivity contribution in [1.29, 1.82) is 0 Å². The first kappa shape index (κ1) is 16.6. The molecule has 128 valence electrons. The Morgan fingerprint density at radius 2 is 1.96 bits per heavy atom. The van der Waals surface area contributed by atoms with Crippen LogP contribution >= 0.6 is 0 Å². The maximum atomic E-state index is 12.3. The second-order valence-electron chi connectivity index (χ2n) is 5.35. The number of ether oxygens (including phenoxy) is 3. The predicted octanol–water partition coefficient (Wildman–Crippen LogP) is 3.28. The van der Waals surface area contributed by atoms with Crippen molar-refractivity contribution in [3.05, 3.63) is 53.6 Å². The van der Waals surface area contributed by atoms with Gasteiger partial charge in [-0.3, -0.25) is 9.59 Å². The predicted molar refractivity (Wildman–Crippen MR) is 93.2 cm³/mol. The molecule has 1 heterocycles. The number of hydrogen-bond acceptors (Lipinski definition) is 5. The highest BCUT2D eigenvalue weighted by atomic mass is 16.7. The first-order chi connectivity index (χ1) is 12.1. The summed E-state index contributed by atoms with van der Waals surface area (Å²) in [5.74, 6) is 0.922. The van der Waals surface area contributed by atoms with Crippen molar-refractivity contribution in [2.75, 3.05) is 19.2 Å². The minimum Gasteiger partial charge on any atom is -0.492 e. The van der Waals surface area contributed by atoms with Crippen molar-refractivity contribution in [2.45, 2.75) is 6.92 Å². The normalized spacial score (nSPS) is 12.2. The summed E-state index contributed by atoms with van der Waals surface area (Å²) >= 11 is 0. The van der Waals surface area contributed by atoms with Gasteiger partial charge in [0.05, 0.1) is 12.8 Å². The average molecular weight is 339 g/mol. The van der Waals surface area contributed by atoms with Crippen LogP contribution in [0.5, 0.6) is 17.2 Å². The van der Waals surface area contributed by atoms with Gasteiger partial charge in [-0.1, -0.05) is 30.3 Å². The van der Waals surface area contributed by atoms with Crippen molar-refractivity contribution in [3.63, 3.8) is 0 Å². The number of amides is 1. The number of hydrogen-bond donors (Lipinski definition) is 1. The molecule has 0 radical (unpaired) electrons. The molecule has 0 saturated heterocycles. The first-order valence-electron chi connectivity index (χ1n) is 7.65. The van der Waals surface area contributed by atoms with E-state index >= 15 is 0 Å². The smallest absolute Gasteiger partial charge is 0.231 e. The lowest BCUT2D eigenvalue weighted by Gasteiger charge is -2.14. The lowest BCUT2D eigenvalue weighted by Crippen LogP contribution is -2.08. The molecule has 3 rings (SSSR count). The zero-order valence-corrected chi connectivity index (χ0v) is 13.9. The molecule has 0 unspecified atom stereocenters. The molecule has 0 spiro atoms. The summed E-state index contributed by atoms with van der Waals surface area (Å²) < 4.78 is 16.2. The number of nitrogens with one attached hydrogen (secondary N) is 1. The van der Waals surface area contributed by atoms with Gasteiger partial charge in [0, 0.05) is 24.1 Å². The van der Waals surface area contributed by atoms with Crippen LogP contribution in [-0.4, -0.2) is 25.6 Å². The Balaban J connectivity index is 2.02. The van der Waals surface area contributed by atoms with Gasteiger partial charge >= 0.3 is 0 Å². The monoisotopic (exact) mass is 339 g/mol. The summed E-state index contributed by atoms with van der Waals surface area (Å²) in [6.45, 7) is 1.47. The van der Waals surface area contributed by atoms with E-state index < -0.39 is 0 Å². The van der Waals surface area contributed by atoms with Crippen molar-refractivity contribution in [1.82, 2.24) is 0 Å². The Hall–Kier alpha value is -3.28. The van der Waals surface area contributed by atoms with E-state index in [-0.39, 0.29) is 18.5 Å². The van der Waals surface area contributed by atoms with Crippen LogP contribution in [0, 0.1) is 0 Å². The number of allylic oxidation sites excluding steroid dienone is 1. The Morgan fingerprint density at radius 3 is 2.64 bits per heavy atom. The lowest BCUT2D eigenvalue weighted by atomic mass is 10.1. The summed E-state index contributed by atoms with van der Waals surface area (Å²) in [7, 11) is 1.49. The highest BCUT2D eigenvalue weighted by Crippen LogP contribution is 2.47. The highest BCUT2D eigenvalue weighted by molar-refractivity contribution is 6.07. The van der Waals surface area contributed by atoms with Crippen molar-refractivity contribution < 1.29 is 23.8 Å². The minimum atomic E-state index is -0.245. The molecule has 1 aliphatic heterocycles. The molecule has 0 saturated carbocycles. The second kappa shape index (κ2) is 7.09. The number of ketones is 1. The van der Waals surface area contributed by atoms with E-state index in [4.69, 9.17) is 14.2 Å². The van der Waals surface area contributed by atoms with E-state index in [1.165, 1.54) is 20.1 Å². The quantitative estimate of drug-likeness (QED) is 0.668. The molecule has 0 aromatic heterocycles. The molecule has 0 aliphatic carbocycles. The molecule has 25 heavy (non-hydrogen) atoms. The Morgan fingerprint density at radius 1 is 1.20 bits per heavy atom. The molecule has 6 heteroatoms. The van der Waals surface area contributed by atoms with Gasteiger partial charge in [0.1, 0.15) is 0 Å². The number of benzene rings is 2. The molecule has 0 atom stereocenters. The summed E-state index contributed by atoms with van der Waals surface area (Å²) in [6, 6.07) is 10.6. The van der Waals surface area contributed by atoms with E-state index in [1.807, 2.05) is 6.07 Å². The molecule has 2 aromatic rings. The largest absolute Gasteiger partial charge is 0.492 e. The summed E-state index contributed by atoms with van der Waals surface area (Å²) in [4.78, 5) is 23.8. The standard InChI is InChI=1S/C19H17NO5/c1-12(21)20-15-10-17-19(25-11-24-17)18(23-2)14(15)8-9-16(22)13-6-4-3-5-7-13/h3-10H,11H2,1-2H3,(H,20,21)/b9-8+. The molecule has 1 amide bonds. The maximum absolute atomic E-state index is 12.3. The van der Waals surface area contributed by atoms with Crippen LogP contribution in [0.2, 0.25) is 0 Å². The number of fused-ring (bicyclic) bond motifs is 1. The van der Waals surface area contributed by atoms with Gasteiger partial charge in [-0.2, -0.15) is 0 Å². The fourth-order valence-electron chi connectivity index (χ4n) is 2.55. The maximum Gasteiger partial charge on any atom is 0.231 e. The molecule has 2 aromatic carbocycles. The number of rotatable bonds is 5. The van der Waals surface area contributed by atoms with Gasteiger partial charge in [0.15, 0.2) is 17.3 Å². The fraction of sp³-hybridized carbons (Fsp3) is 0.158. The summed E-state index contributed by atoms with van der Waals surface area (Å²) in [5.41, 5.74) is 1.58. The van der Waals surface area contributed by atoms with Crippen LogP contribution in [0.1, 0.15) is 22.8 Å². The molecule has 1 aliphatic rings. The highest BCUT2D eigenvalue weighted by Gasteiger charge is 2.24. The van der Waals surface area contributed by atoms with Gasteiger partial charge in [-0.25, -0.2) is 0 Å². The molecule has 6 nitrogen and oxygen atoms in total. The van der Waals surface area contributed by atoms with Crippen LogP contribution in [0.15, 0.2) is 42.5 Å². The number of carbonyl (C=O) groups excluding carboxylic acids is 2. The van der Waals surface area contributed by atoms with Gasteiger partial charge in [-0.15, -0.1) is 0 Å². The van der Waals surface area contributed by atoms with Crippen LogP contribution in [0.4, 0.5) is 5.69 Å². The molecular weight excluding hydrogens is 322 g/mol. The van der Waals surface area contributed by atoms with Crippen LogP contribution in [0.25, 0.3) is 6.08 Å². The van der Waals surface area contributed by atoms with E-state index in [0.29, 0.717) is 34.1 Å². The molecule has 1 N–H and O–H groups in total. The number of carbonyl (C=O) groups is 2. The van der Waals surface area contributed by atoms with Crippen molar-refractivity contribution in [3.8, 4) is 17.2 Å². The zero-order valence-electron chi connectivity index (χ0n) is 13.9. The Kier molecular flexibility index (Phi) is 4.70. The van der Waals surface area contributed by atoms with E-state index in [0.717, 1.165) is 0 Å². The van der Waals surface area contributed by atoms with Gasteiger partial charge < -0.3 is 19.5 Å². The van der Waals surface area contributed by atoms with Gasteiger partial charge in [-0.05, 0) is 12.2 Å². The third-order valence-corrected chi connectivity index (χ3v) is 3.63. The topological polar surface area (TPSA) is 73.9 Å². The average Bonchev–Trinajstić information content (AvgIpc) is 3.07. The van der Waals surface area contributed by atoms with Crippen LogP contribution in [0.3, 0.4) is 0 Å². The van der Waals surface area contributed by atoms with Gasteiger partial charge in [0.2, 0.25) is 18.4 Å². The Labute approximate surface area is 145 Å². The molecule has 0 fully saturated rings. The van der Waals surface area contributed by atoms with Crippen LogP contribution < -0.4 is 19.5 Å². The van der Waals surface area contributed by atoms with Crippen molar-refractivity contribution in [2.24, 2.45) is 0 Å². The lowest BCUT2D eigenvalue weighted by molar-refractivity contribution is -0.114. The molecular formula is C19H17NO5. The van der Waals surface area contributed by atoms with E-state index in [2.05, 4.69) is 5.32 Å². The first-order valence-corrected chi connectivity index (χ1v) is 7.65. The minimum absolute atomic E-state index is 0.0708. The molecule has 0 bridgehead atoms. The second-order valence-corrected chi connectivity index (χ2v) is 5.35. The SMILES string of the molecule is COc1c(/C=C/C(=O)c2ccccc2)c(NC(C)=O)cc2c1OCO2.